The molecule has 1 aliphatic heterocycles. The highest BCUT2D eigenvalue weighted by Crippen LogP contribution is 2.03. The Labute approximate surface area is 117 Å². The van der Waals surface area contributed by atoms with Gasteiger partial charge in [0.15, 0.2) is 0 Å². The second kappa shape index (κ2) is 6.91. The van der Waals surface area contributed by atoms with Crippen molar-refractivity contribution in [1.82, 2.24) is 10.2 Å². The second-order valence-corrected chi connectivity index (χ2v) is 4.52. The first kappa shape index (κ1) is 14.3. The van der Waals surface area contributed by atoms with E-state index in [1.807, 2.05) is 0 Å². The summed E-state index contributed by atoms with van der Waals surface area (Å²) in [6, 6.07) is 2.93. The molecule has 0 radical (unpaired) electrons. The van der Waals surface area contributed by atoms with Gasteiger partial charge in [-0.3, -0.25) is 9.59 Å². The highest BCUT2D eigenvalue weighted by atomic mass is 16.5. The van der Waals surface area contributed by atoms with Crippen LogP contribution in [-0.4, -0.2) is 49.1 Å². The van der Waals surface area contributed by atoms with Crippen molar-refractivity contribution in [1.29, 1.82) is 0 Å². The Balaban J connectivity index is 1.82. The van der Waals surface area contributed by atoms with Crippen molar-refractivity contribution in [3.8, 4) is 0 Å². The van der Waals surface area contributed by atoms with Gasteiger partial charge in [-0.15, -0.1) is 0 Å². The number of amides is 2. The Morgan fingerprint density at radius 2 is 2.15 bits per heavy atom. The van der Waals surface area contributed by atoms with E-state index in [1.54, 1.807) is 30.0 Å². The van der Waals surface area contributed by atoms with Gasteiger partial charge in [0.05, 0.1) is 19.5 Å². The molecule has 2 heterocycles. The van der Waals surface area contributed by atoms with Crippen LogP contribution in [0.3, 0.4) is 0 Å². The molecule has 20 heavy (non-hydrogen) atoms. The van der Waals surface area contributed by atoms with Crippen LogP contribution in [0.5, 0.6) is 0 Å². The number of furan rings is 1. The van der Waals surface area contributed by atoms with E-state index < -0.39 is 6.04 Å². The van der Waals surface area contributed by atoms with Crippen LogP contribution in [0.15, 0.2) is 28.9 Å². The third kappa shape index (κ3) is 3.96. The molecule has 1 saturated heterocycles. The molecule has 0 spiro atoms. The molecule has 6 nitrogen and oxygen atoms in total. The minimum absolute atomic E-state index is 0.0898. The normalized spacial score (nSPS) is 17.1. The molecule has 2 rings (SSSR count). The molecule has 1 N–H and O–H groups in total. The molecule has 1 atom stereocenters. The van der Waals surface area contributed by atoms with Crippen LogP contribution in [0, 0.1) is 0 Å². The van der Waals surface area contributed by atoms with Crippen molar-refractivity contribution in [3.05, 3.63) is 30.2 Å². The molecule has 0 aliphatic carbocycles. The molecule has 0 saturated carbocycles. The lowest BCUT2D eigenvalue weighted by Crippen LogP contribution is -2.50. The van der Waals surface area contributed by atoms with Crippen LogP contribution in [0.1, 0.15) is 12.7 Å². The maximum atomic E-state index is 12.1. The summed E-state index contributed by atoms with van der Waals surface area (Å²) >= 11 is 0. The van der Waals surface area contributed by atoms with Crippen molar-refractivity contribution < 1.29 is 18.7 Å². The van der Waals surface area contributed by atoms with Gasteiger partial charge in [-0.2, -0.15) is 0 Å². The summed E-state index contributed by atoms with van der Waals surface area (Å²) in [5, 5.41) is 2.64. The predicted octanol–water partition coefficient (Wildman–Crippen LogP) is 0.656. The maximum Gasteiger partial charge on any atom is 0.245 e. The van der Waals surface area contributed by atoms with Crippen LogP contribution in [0.25, 0.3) is 6.08 Å². The maximum absolute atomic E-state index is 12.1. The van der Waals surface area contributed by atoms with E-state index in [1.165, 1.54) is 12.3 Å². The Hall–Kier alpha value is -2.08. The molecule has 108 valence electrons. The Morgan fingerprint density at radius 3 is 2.80 bits per heavy atom. The summed E-state index contributed by atoms with van der Waals surface area (Å²) < 4.78 is 10.3. The van der Waals surface area contributed by atoms with Gasteiger partial charge < -0.3 is 19.4 Å². The standard InChI is InChI=1S/C14H18N2O4/c1-11(14(18)16-6-9-19-10-7-16)15-13(17)5-4-12-3-2-8-20-12/h2-5,8,11H,6-7,9-10H2,1H3,(H,15,17)/b5-4-/t11-/m0/s1. The number of rotatable bonds is 4. The zero-order valence-electron chi connectivity index (χ0n) is 11.4. The van der Waals surface area contributed by atoms with E-state index in [0.29, 0.717) is 32.1 Å². The molecule has 0 unspecified atom stereocenters. The SMILES string of the molecule is C[C@H](NC(=O)/C=C\c1ccco1)C(=O)N1CCOCC1. The Bertz CT molecular complexity index is 475. The van der Waals surface area contributed by atoms with E-state index in [4.69, 9.17) is 9.15 Å². The lowest BCUT2D eigenvalue weighted by Gasteiger charge is -2.29. The summed E-state index contributed by atoms with van der Waals surface area (Å²) in [6.07, 6.45) is 4.44. The van der Waals surface area contributed by atoms with Crippen LogP contribution >= 0.6 is 0 Å². The summed E-state index contributed by atoms with van der Waals surface area (Å²) in [5.41, 5.74) is 0. The number of ether oxygens (including phenoxy) is 1. The number of hydrogen-bond acceptors (Lipinski definition) is 4. The zero-order chi connectivity index (χ0) is 14.4. The van der Waals surface area contributed by atoms with E-state index in [2.05, 4.69) is 5.32 Å². The predicted molar refractivity (Wildman–Crippen MR) is 72.7 cm³/mol. The van der Waals surface area contributed by atoms with Crippen LogP contribution in [0.4, 0.5) is 0 Å². The highest BCUT2D eigenvalue weighted by molar-refractivity contribution is 5.95. The molecule has 0 bridgehead atoms. The number of morpholine rings is 1. The fourth-order valence-electron chi connectivity index (χ4n) is 1.92. The van der Waals surface area contributed by atoms with E-state index in [0.717, 1.165) is 0 Å². The summed E-state index contributed by atoms with van der Waals surface area (Å²) in [7, 11) is 0. The lowest BCUT2D eigenvalue weighted by atomic mass is 10.2. The number of carbonyl (C=O) groups is 2. The van der Waals surface area contributed by atoms with Crippen molar-refractivity contribution >= 4 is 17.9 Å². The molecule has 6 heteroatoms. The zero-order valence-corrected chi connectivity index (χ0v) is 11.4. The fraction of sp³-hybridized carbons (Fsp3) is 0.429. The Morgan fingerprint density at radius 1 is 1.40 bits per heavy atom. The molecule has 1 fully saturated rings. The first-order valence-corrected chi connectivity index (χ1v) is 6.55. The molecular weight excluding hydrogens is 260 g/mol. The number of nitrogens with one attached hydrogen (secondary N) is 1. The number of hydrogen-bond donors (Lipinski definition) is 1. The van der Waals surface area contributed by atoms with Gasteiger partial charge in [0.2, 0.25) is 11.8 Å². The van der Waals surface area contributed by atoms with Gasteiger partial charge in [-0.05, 0) is 25.1 Å². The van der Waals surface area contributed by atoms with Crippen molar-refractivity contribution in [2.75, 3.05) is 26.3 Å². The van der Waals surface area contributed by atoms with Crippen molar-refractivity contribution in [2.45, 2.75) is 13.0 Å². The smallest absolute Gasteiger partial charge is 0.245 e. The third-order valence-corrected chi connectivity index (χ3v) is 2.99. The molecule has 1 aliphatic rings. The van der Waals surface area contributed by atoms with Crippen molar-refractivity contribution in [3.63, 3.8) is 0 Å². The average molecular weight is 278 g/mol. The lowest BCUT2D eigenvalue weighted by molar-refractivity contribution is -0.138. The fourth-order valence-corrected chi connectivity index (χ4v) is 1.92. The summed E-state index contributed by atoms with van der Waals surface area (Å²) in [4.78, 5) is 25.5. The van der Waals surface area contributed by atoms with E-state index >= 15 is 0 Å². The highest BCUT2D eigenvalue weighted by Gasteiger charge is 2.22. The molecule has 1 aromatic rings. The number of carbonyl (C=O) groups excluding carboxylic acids is 2. The second-order valence-electron chi connectivity index (χ2n) is 4.52. The van der Waals surface area contributed by atoms with Gasteiger partial charge in [-0.25, -0.2) is 0 Å². The average Bonchev–Trinajstić information content (AvgIpc) is 2.98. The molecule has 2 amide bonds. The largest absolute Gasteiger partial charge is 0.465 e. The van der Waals surface area contributed by atoms with Crippen LogP contribution < -0.4 is 5.32 Å². The molecule has 1 aromatic heterocycles. The van der Waals surface area contributed by atoms with Gasteiger partial charge in [0, 0.05) is 19.2 Å². The summed E-state index contributed by atoms with van der Waals surface area (Å²) in [6.45, 7) is 3.91. The number of nitrogens with zero attached hydrogens (tertiary/aromatic N) is 1. The summed E-state index contributed by atoms with van der Waals surface area (Å²) in [5.74, 6) is 0.177. The van der Waals surface area contributed by atoms with Gasteiger partial charge in [0.1, 0.15) is 11.8 Å². The van der Waals surface area contributed by atoms with Crippen LogP contribution in [-0.2, 0) is 14.3 Å². The molecular formula is C14H18N2O4. The minimum Gasteiger partial charge on any atom is -0.465 e. The molecule has 0 aromatic carbocycles. The van der Waals surface area contributed by atoms with Gasteiger partial charge in [-0.1, -0.05) is 0 Å². The Kier molecular flexibility index (Phi) is 4.95. The van der Waals surface area contributed by atoms with Crippen LogP contribution in [0.2, 0.25) is 0 Å². The first-order chi connectivity index (χ1) is 9.66. The van der Waals surface area contributed by atoms with Gasteiger partial charge >= 0.3 is 0 Å². The van der Waals surface area contributed by atoms with Gasteiger partial charge in [0.25, 0.3) is 0 Å². The topological polar surface area (TPSA) is 71.8 Å². The van der Waals surface area contributed by atoms with Crippen molar-refractivity contribution in [2.24, 2.45) is 0 Å². The van der Waals surface area contributed by atoms with E-state index in [-0.39, 0.29) is 11.8 Å². The minimum atomic E-state index is -0.554. The van der Waals surface area contributed by atoms with E-state index in [9.17, 15) is 9.59 Å². The quantitative estimate of drug-likeness (QED) is 0.821. The first-order valence-electron chi connectivity index (χ1n) is 6.55. The third-order valence-electron chi connectivity index (χ3n) is 2.99. The monoisotopic (exact) mass is 278 g/mol.